The van der Waals surface area contributed by atoms with Gasteiger partial charge in [-0.1, -0.05) is 99.3 Å². The topological polar surface area (TPSA) is 20.7 Å². The minimum absolute atomic E-state index is 0.152. The lowest BCUT2D eigenvalue weighted by molar-refractivity contribution is 0.349. The van der Waals surface area contributed by atoms with Gasteiger partial charge in [0, 0.05) is 38.0 Å². The molecule has 35 heavy (non-hydrogen) atoms. The molecule has 170 valence electrons. The highest BCUT2D eigenvalue weighted by Gasteiger charge is 2.29. The predicted molar refractivity (Wildman–Crippen MR) is 151 cm³/mol. The van der Waals surface area contributed by atoms with Crippen LogP contribution in [-0.2, 0) is 0 Å². The van der Waals surface area contributed by atoms with E-state index in [1.54, 1.807) is 0 Å². The number of aromatic nitrogens is 2. The van der Waals surface area contributed by atoms with Crippen LogP contribution in [0.5, 0.6) is 0 Å². The Bertz CT molecular complexity index is 1860. The second-order valence-corrected chi connectivity index (χ2v) is 10.1. The molecule has 6 aromatic rings. The third-order valence-corrected chi connectivity index (χ3v) is 8.14. The van der Waals surface area contributed by atoms with Crippen LogP contribution in [0.3, 0.4) is 0 Å². The molecular weight excluding hydrogens is 424 g/mol. The van der Waals surface area contributed by atoms with Crippen molar-refractivity contribution in [2.75, 3.05) is 0 Å². The maximum atomic E-state index is 4.58. The van der Waals surface area contributed by atoms with Crippen LogP contribution < -0.4 is 0 Å². The van der Waals surface area contributed by atoms with E-state index in [9.17, 15) is 0 Å². The molecular formula is C33H28N2. The summed E-state index contributed by atoms with van der Waals surface area (Å²) in [4.78, 5) is 3.67. The number of rotatable bonds is 1. The van der Waals surface area contributed by atoms with E-state index in [2.05, 4.69) is 127 Å². The Kier molecular flexibility index (Phi) is 4.35. The summed E-state index contributed by atoms with van der Waals surface area (Å²) in [7, 11) is 0. The maximum Gasteiger partial charge on any atom is 0.0617 e. The van der Waals surface area contributed by atoms with Crippen LogP contribution in [0.25, 0.3) is 54.4 Å². The number of H-pyrrole nitrogens is 1. The van der Waals surface area contributed by atoms with E-state index in [0.29, 0.717) is 11.8 Å². The molecule has 3 atom stereocenters. The molecule has 2 nitrogen and oxygen atoms in total. The third kappa shape index (κ3) is 2.89. The molecule has 0 radical (unpaired) electrons. The Morgan fingerprint density at radius 3 is 2.43 bits per heavy atom. The highest BCUT2D eigenvalue weighted by molar-refractivity contribution is 6.22. The van der Waals surface area contributed by atoms with Gasteiger partial charge < -0.3 is 9.55 Å². The zero-order chi connectivity index (χ0) is 23.7. The molecule has 1 aliphatic rings. The zero-order valence-corrected chi connectivity index (χ0v) is 20.1. The molecule has 1 N–H and O–H groups in total. The highest BCUT2D eigenvalue weighted by atomic mass is 15.0. The molecule has 0 bridgehead atoms. The monoisotopic (exact) mass is 452 g/mol. The fourth-order valence-corrected chi connectivity index (χ4v) is 6.16. The quantitative estimate of drug-likeness (QED) is 0.257. The summed E-state index contributed by atoms with van der Waals surface area (Å²) < 4.78 is 2.59. The molecule has 0 saturated heterocycles. The first-order valence-corrected chi connectivity index (χ1v) is 12.5. The van der Waals surface area contributed by atoms with Crippen LogP contribution in [0.15, 0.2) is 109 Å². The summed E-state index contributed by atoms with van der Waals surface area (Å²) in [5.74, 6) is 0.820. The van der Waals surface area contributed by atoms with Crippen molar-refractivity contribution < 1.29 is 0 Å². The van der Waals surface area contributed by atoms with Crippen LogP contribution in [0.2, 0.25) is 0 Å². The number of aromatic amines is 1. The Balaban J connectivity index is 1.67. The number of benzene rings is 4. The normalized spacial score (nSPS) is 22.8. The molecule has 4 aromatic carbocycles. The van der Waals surface area contributed by atoms with Crippen LogP contribution >= 0.6 is 0 Å². The lowest BCUT2D eigenvalue weighted by atomic mass is 9.83. The third-order valence-electron chi connectivity index (χ3n) is 8.14. The molecule has 0 amide bonds. The molecule has 0 saturated carbocycles. The first-order valence-electron chi connectivity index (χ1n) is 12.5. The van der Waals surface area contributed by atoms with Crippen molar-refractivity contribution in [1.29, 1.82) is 0 Å². The summed E-state index contributed by atoms with van der Waals surface area (Å²) in [6.07, 6.45) is 8.81. The molecule has 0 fully saturated rings. The van der Waals surface area contributed by atoms with Gasteiger partial charge in [-0.25, -0.2) is 0 Å². The van der Waals surface area contributed by atoms with Crippen LogP contribution in [0.1, 0.15) is 19.9 Å². The van der Waals surface area contributed by atoms with Crippen LogP contribution in [-0.4, -0.2) is 9.55 Å². The summed E-state index contributed by atoms with van der Waals surface area (Å²) in [5.41, 5.74) is 6.08. The molecule has 1 aliphatic carbocycles. The molecule has 0 spiro atoms. The first kappa shape index (κ1) is 20.3. The minimum Gasteiger partial charge on any atom is -0.354 e. The highest BCUT2D eigenvalue weighted by Crippen LogP contribution is 2.44. The number of fused-ring (bicyclic) bond motifs is 8. The van der Waals surface area contributed by atoms with E-state index in [0.717, 1.165) is 5.57 Å². The van der Waals surface area contributed by atoms with Crippen molar-refractivity contribution in [2.45, 2.75) is 19.9 Å². The van der Waals surface area contributed by atoms with Crippen LogP contribution in [0.4, 0.5) is 0 Å². The molecule has 2 heteroatoms. The van der Waals surface area contributed by atoms with Gasteiger partial charge in [0.15, 0.2) is 0 Å². The summed E-state index contributed by atoms with van der Waals surface area (Å²) in [6, 6.07) is 26.9. The van der Waals surface area contributed by atoms with E-state index in [-0.39, 0.29) is 6.04 Å². The van der Waals surface area contributed by atoms with E-state index < -0.39 is 0 Å². The van der Waals surface area contributed by atoms with Crippen molar-refractivity contribution in [3.8, 4) is 0 Å². The number of hydrogen-bond acceptors (Lipinski definition) is 0. The summed E-state index contributed by atoms with van der Waals surface area (Å²) >= 11 is 0. The van der Waals surface area contributed by atoms with Gasteiger partial charge in [0.2, 0.25) is 0 Å². The van der Waals surface area contributed by atoms with E-state index in [4.69, 9.17) is 0 Å². The fraction of sp³-hybridized carbons (Fsp3) is 0.152. The smallest absolute Gasteiger partial charge is 0.0617 e. The van der Waals surface area contributed by atoms with Crippen molar-refractivity contribution in [2.24, 2.45) is 11.8 Å². The lowest BCUT2D eigenvalue weighted by Crippen LogP contribution is -2.23. The van der Waals surface area contributed by atoms with Gasteiger partial charge in [-0.2, -0.15) is 0 Å². The average Bonchev–Trinajstić information content (AvgIpc) is 3.40. The van der Waals surface area contributed by atoms with Gasteiger partial charge >= 0.3 is 0 Å². The second-order valence-electron chi connectivity index (χ2n) is 10.1. The molecule has 2 heterocycles. The molecule has 7 rings (SSSR count). The number of allylic oxidation sites excluding steroid dienone is 5. The Hall–Kier alpha value is -4.04. The average molecular weight is 453 g/mol. The largest absolute Gasteiger partial charge is 0.354 e. The Labute approximate surface area is 204 Å². The SMILES string of the molecule is C=C1/C=C\C=C/[C@H](C)[C@@H](C)C1n1c2cc3[nH]c4ccccc4c3cc2c2ccc3ccccc3c21. The van der Waals surface area contributed by atoms with Crippen molar-refractivity contribution >= 4 is 54.4 Å². The van der Waals surface area contributed by atoms with E-state index in [1.807, 2.05) is 0 Å². The maximum absolute atomic E-state index is 4.58. The molecule has 2 aromatic heterocycles. The lowest BCUT2D eigenvalue weighted by Gasteiger charge is -2.32. The predicted octanol–water partition coefficient (Wildman–Crippen LogP) is 9.08. The first-order chi connectivity index (χ1) is 17.1. The second kappa shape index (κ2) is 7.48. The van der Waals surface area contributed by atoms with Gasteiger partial charge in [0.1, 0.15) is 0 Å². The Morgan fingerprint density at radius 2 is 1.54 bits per heavy atom. The molecule has 1 unspecified atom stereocenters. The number of hydrogen-bond donors (Lipinski definition) is 1. The van der Waals surface area contributed by atoms with Gasteiger partial charge in [0.25, 0.3) is 0 Å². The van der Waals surface area contributed by atoms with Crippen molar-refractivity contribution in [3.05, 3.63) is 109 Å². The fourth-order valence-electron chi connectivity index (χ4n) is 6.16. The van der Waals surface area contributed by atoms with Crippen molar-refractivity contribution in [1.82, 2.24) is 9.55 Å². The van der Waals surface area contributed by atoms with Gasteiger partial charge in [0.05, 0.1) is 17.1 Å². The number of nitrogens with one attached hydrogen (secondary N) is 1. The van der Waals surface area contributed by atoms with Crippen LogP contribution in [0, 0.1) is 11.8 Å². The molecule has 0 aliphatic heterocycles. The van der Waals surface area contributed by atoms with Gasteiger partial charge in [-0.3, -0.25) is 0 Å². The van der Waals surface area contributed by atoms with Gasteiger partial charge in [-0.15, -0.1) is 0 Å². The summed E-state index contributed by atoms with van der Waals surface area (Å²) in [6.45, 7) is 9.27. The zero-order valence-electron chi connectivity index (χ0n) is 20.1. The Morgan fingerprint density at radius 1 is 0.743 bits per heavy atom. The number of para-hydroxylation sites is 1. The number of nitrogens with zero attached hydrogens (tertiary/aromatic N) is 1. The van der Waals surface area contributed by atoms with Crippen molar-refractivity contribution in [3.63, 3.8) is 0 Å². The van der Waals surface area contributed by atoms with E-state index in [1.165, 1.54) is 54.4 Å². The minimum atomic E-state index is 0.152. The summed E-state index contributed by atoms with van der Waals surface area (Å²) in [5, 5.41) is 7.73. The van der Waals surface area contributed by atoms with Gasteiger partial charge in [-0.05, 0) is 41.0 Å². The standard InChI is InChI=1S/C33H28N2/c1-20-10-4-5-11-21(2)32(22(20)3)35-31-19-30-27(25-14-8-9-15-29(25)34-30)18-28(31)26-17-16-23-12-6-7-13-24(23)33(26)35/h4-20,22,32,34H,2H2,1,3H3/b10-4-,11-5-/t20-,22+,32?/m0/s1. The van der Waals surface area contributed by atoms with E-state index >= 15 is 0 Å².